The molecule has 0 aromatic heterocycles. The normalized spacial score (nSPS) is 19.0. The Morgan fingerprint density at radius 1 is 1.43 bits per heavy atom. The van der Waals surface area contributed by atoms with Crippen LogP contribution in [0.15, 0.2) is 0 Å². The topological polar surface area (TPSA) is 20.3 Å². The number of amides is 1. The van der Waals surface area contributed by atoms with E-state index in [2.05, 4.69) is 13.8 Å². The van der Waals surface area contributed by atoms with Crippen LogP contribution in [0, 0.1) is 11.8 Å². The molecule has 0 radical (unpaired) electrons. The van der Waals surface area contributed by atoms with Crippen LogP contribution in [0.3, 0.4) is 0 Å². The average Bonchev–Trinajstić information content (AvgIpc) is 2.17. The summed E-state index contributed by atoms with van der Waals surface area (Å²) in [5.41, 5.74) is 0. The van der Waals surface area contributed by atoms with Gasteiger partial charge in [0, 0.05) is 25.4 Å². The molecular weight excluding hydrogens is 198 g/mol. The second kappa shape index (κ2) is 5.59. The lowest BCUT2D eigenvalue weighted by Gasteiger charge is -2.31. The van der Waals surface area contributed by atoms with Crippen LogP contribution < -0.4 is 0 Å². The van der Waals surface area contributed by atoms with E-state index in [4.69, 9.17) is 11.6 Å². The first kappa shape index (κ1) is 11.8. The molecule has 0 saturated carbocycles. The highest BCUT2D eigenvalue weighted by atomic mass is 35.5. The fraction of sp³-hybridized carbons (Fsp3) is 0.909. The summed E-state index contributed by atoms with van der Waals surface area (Å²) in [6, 6.07) is 0. The van der Waals surface area contributed by atoms with Gasteiger partial charge in [0.1, 0.15) is 0 Å². The maximum absolute atomic E-state index is 11.7. The van der Waals surface area contributed by atoms with Crippen molar-refractivity contribution in [2.75, 3.05) is 19.0 Å². The zero-order chi connectivity index (χ0) is 10.6. The van der Waals surface area contributed by atoms with Crippen molar-refractivity contribution in [1.82, 2.24) is 4.90 Å². The van der Waals surface area contributed by atoms with Gasteiger partial charge >= 0.3 is 0 Å². The van der Waals surface area contributed by atoms with Gasteiger partial charge in [-0.2, -0.15) is 0 Å². The van der Waals surface area contributed by atoms with Crippen LogP contribution in [0.4, 0.5) is 0 Å². The van der Waals surface area contributed by atoms with Gasteiger partial charge in [-0.3, -0.25) is 4.79 Å². The van der Waals surface area contributed by atoms with Crippen molar-refractivity contribution in [3.63, 3.8) is 0 Å². The van der Waals surface area contributed by atoms with Crippen molar-refractivity contribution in [2.45, 2.75) is 33.1 Å². The van der Waals surface area contributed by atoms with Gasteiger partial charge in [-0.15, -0.1) is 11.6 Å². The SMILES string of the molecule is CC(C)CC(=O)N1CCC(CCl)CC1. The summed E-state index contributed by atoms with van der Waals surface area (Å²) in [5.74, 6) is 2.15. The Morgan fingerprint density at radius 2 is 2.00 bits per heavy atom. The molecule has 1 heterocycles. The van der Waals surface area contributed by atoms with E-state index in [1.807, 2.05) is 4.90 Å². The Bertz CT molecular complexity index is 186. The van der Waals surface area contributed by atoms with Gasteiger partial charge in [0.05, 0.1) is 0 Å². The number of hydrogen-bond acceptors (Lipinski definition) is 1. The molecule has 0 N–H and O–H groups in total. The molecule has 0 atom stereocenters. The third-order valence-electron chi connectivity index (χ3n) is 2.77. The van der Waals surface area contributed by atoms with Crippen molar-refractivity contribution in [3.8, 4) is 0 Å². The Labute approximate surface area is 91.6 Å². The quantitative estimate of drug-likeness (QED) is 0.666. The van der Waals surface area contributed by atoms with Crippen LogP contribution in [0.1, 0.15) is 33.1 Å². The molecule has 0 spiro atoms. The van der Waals surface area contributed by atoms with Crippen LogP contribution in [0.5, 0.6) is 0 Å². The monoisotopic (exact) mass is 217 g/mol. The van der Waals surface area contributed by atoms with Crippen molar-refractivity contribution in [2.24, 2.45) is 11.8 Å². The highest BCUT2D eigenvalue weighted by Gasteiger charge is 2.22. The zero-order valence-corrected chi connectivity index (χ0v) is 9.89. The number of carbonyl (C=O) groups is 1. The van der Waals surface area contributed by atoms with E-state index in [-0.39, 0.29) is 0 Å². The van der Waals surface area contributed by atoms with Crippen LogP contribution >= 0.6 is 11.6 Å². The number of likely N-dealkylation sites (tertiary alicyclic amines) is 1. The van der Waals surface area contributed by atoms with E-state index in [0.29, 0.717) is 24.2 Å². The molecule has 82 valence electrons. The van der Waals surface area contributed by atoms with Gasteiger partial charge in [-0.05, 0) is 24.7 Å². The molecule has 0 aromatic carbocycles. The van der Waals surface area contributed by atoms with Gasteiger partial charge < -0.3 is 4.90 Å². The van der Waals surface area contributed by atoms with E-state index in [1.54, 1.807) is 0 Å². The molecule has 2 nitrogen and oxygen atoms in total. The van der Waals surface area contributed by atoms with Crippen molar-refractivity contribution >= 4 is 17.5 Å². The van der Waals surface area contributed by atoms with Crippen LogP contribution in [0.25, 0.3) is 0 Å². The number of halogens is 1. The first-order chi connectivity index (χ1) is 6.63. The maximum Gasteiger partial charge on any atom is 0.222 e. The zero-order valence-electron chi connectivity index (χ0n) is 9.13. The molecule has 0 unspecified atom stereocenters. The van der Waals surface area contributed by atoms with Crippen molar-refractivity contribution in [3.05, 3.63) is 0 Å². The third kappa shape index (κ3) is 3.49. The minimum Gasteiger partial charge on any atom is -0.343 e. The number of nitrogens with zero attached hydrogens (tertiary/aromatic N) is 1. The standard InChI is InChI=1S/C11H20ClNO/c1-9(2)7-11(14)13-5-3-10(8-12)4-6-13/h9-10H,3-8H2,1-2H3. The van der Waals surface area contributed by atoms with E-state index >= 15 is 0 Å². The summed E-state index contributed by atoms with van der Waals surface area (Å²) < 4.78 is 0. The summed E-state index contributed by atoms with van der Waals surface area (Å²) in [7, 11) is 0. The lowest BCUT2D eigenvalue weighted by molar-refractivity contribution is -0.133. The minimum absolute atomic E-state index is 0.313. The second-order valence-electron chi connectivity index (χ2n) is 4.58. The molecule has 1 fully saturated rings. The summed E-state index contributed by atoms with van der Waals surface area (Å²) in [6.07, 6.45) is 2.84. The summed E-state index contributed by atoms with van der Waals surface area (Å²) >= 11 is 5.79. The Balaban J connectivity index is 2.30. The van der Waals surface area contributed by atoms with E-state index in [9.17, 15) is 4.79 Å². The van der Waals surface area contributed by atoms with Gasteiger partial charge in [0.15, 0.2) is 0 Å². The number of piperidine rings is 1. The molecule has 1 aliphatic rings. The van der Waals surface area contributed by atoms with E-state index < -0.39 is 0 Å². The Hall–Kier alpha value is -0.240. The van der Waals surface area contributed by atoms with E-state index in [0.717, 1.165) is 31.8 Å². The second-order valence-corrected chi connectivity index (χ2v) is 4.89. The summed E-state index contributed by atoms with van der Waals surface area (Å²) in [5, 5.41) is 0. The number of hydrogen-bond donors (Lipinski definition) is 0. The lowest BCUT2D eigenvalue weighted by Crippen LogP contribution is -2.39. The Morgan fingerprint density at radius 3 is 2.43 bits per heavy atom. The fourth-order valence-electron chi connectivity index (χ4n) is 1.82. The number of rotatable bonds is 3. The van der Waals surface area contributed by atoms with Gasteiger partial charge in [0.2, 0.25) is 5.91 Å². The third-order valence-corrected chi connectivity index (χ3v) is 3.20. The van der Waals surface area contributed by atoms with Crippen LogP contribution in [0.2, 0.25) is 0 Å². The van der Waals surface area contributed by atoms with Crippen molar-refractivity contribution < 1.29 is 4.79 Å². The predicted molar refractivity (Wildman–Crippen MR) is 59.5 cm³/mol. The number of alkyl halides is 1. The fourth-order valence-corrected chi connectivity index (χ4v) is 2.12. The minimum atomic E-state index is 0.313. The highest BCUT2D eigenvalue weighted by Crippen LogP contribution is 2.19. The highest BCUT2D eigenvalue weighted by molar-refractivity contribution is 6.18. The van der Waals surface area contributed by atoms with Crippen molar-refractivity contribution in [1.29, 1.82) is 0 Å². The first-order valence-electron chi connectivity index (χ1n) is 5.47. The lowest BCUT2D eigenvalue weighted by atomic mass is 9.98. The molecular formula is C11H20ClNO. The maximum atomic E-state index is 11.7. The average molecular weight is 218 g/mol. The van der Waals surface area contributed by atoms with Crippen LogP contribution in [-0.4, -0.2) is 29.8 Å². The molecule has 14 heavy (non-hydrogen) atoms. The molecule has 0 aliphatic carbocycles. The van der Waals surface area contributed by atoms with Crippen LogP contribution in [-0.2, 0) is 4.79 Å². The molecule has 1 saturated heterocycles. The van der Waals surface area contributed by atoms with Gasteiger partial charge in [0.25, 0.3) is 0 Å². The molecule has 0 bridgehead atoms. The van der Waals surface area contributed by atoms with E-state index in [1.165, 1.54) is 0 Å². The summed E-state index contributed by atoms with van der Waals surface area (Å²) in [4.78, 5) is 13.7. The first-order valence-corrected chi connectivity index (χ1v) is 6.00. The van der Waals surface area contributed by atoms with Gasteiger partial charge in [-0.1, -0.05) is 13.8 Å². The smallest absolute Gasteiger partial charge is 0.222 e. The Kier molecular flexibility index (Phi) is 4.73. The van der Waals surface area contributed by atoms with Gasteiger partial charge in [-0.25, -0.2) is 0 Å². The molecule has 0 aromatic rings. The molecule has 3 heteroatoms. The molecule has 1 rings (SSSR count). The predicted octanol–water partition coefficient (Wildman–Crippen LogP) is 2.51. The largest absolute Gasteiger partial charge is 0.343 e. The molecule has 1 amide bonds. The number of carbonyl (C=O) groups excluding carboxylic acids is 1. The summed E-state index contributed by atoms with van der Waals surface area (Å²) in [6.45, 7) is 5.98. The molecule has 1 aliphatic heterocycles.